The number of carbonyl (C=O) groups is 5. The lowest BCUT2D eigenvalue weighted by atomic mass is 9.90. The number of piperidine rings is 2. The van der Waals surface area contributed by atoms with Gasteiger partial charge in [0.1, 0.15) is 6.04 Å². The molecule has 2 fully saturated rings. The second-order valence-corrected chi connectivity index (χ2v) is 10.4. The largest absolute Gasteiger partial charge is 0.513 e. The van der Waals surface area contributed by atoms with Crippen molar-refractivity contribution in [1.29, 1.82) is 0 Å². The van der Waals surface area contributed by atoms with Crippen LogP contribution in [-0.2, 0) is 20.9 Å². The average molecular weight is 533 g/mol. The standard InChI is InChI=1S/C27H28N6O6/c34-18-10-16(11-18)25(37)31-8-6-17(7-9-31)32-14-15(13-29-32)12-28-20-3-1-2-19-23(20)27(39)33(26(19)38)21-4-5-22(35)30-24(21)36/h1-3,10,13-14,16-17,21,28,34H,4-9,11-12H2,(H,30,35,36). The topological polar surface area (TPSA) is 154 Å². The first-order valence-electron chi connectivity index (χ1n) is 13.1. The van der Waals surface area contributed by atoms with E-state index in [1.54, 1.807) is 30.5 Å². The molecular weight excluding hydrogens is 504 g/mol. The molecule has 2 saturated heterocycles. The number of anilines is 1. The molecule has 202 valence electrons. The molecule has 0 bridgehead atoms. The number of aromatic nitrogens is 2. The summed E-state index contributed by atoms with van der Waals surface area (Å²) >= 11 is 0. The van der Waals surface area contributed by atoms with E-state index in [-0.39, 0.29) is 47.6 Å². The molecule has 1 aromatic heterocycles. The molecule has 2 unspecified atom stereocenters. The molecule has 39 heavy (non-hydrogen) atoms. The Balaban J connectivity index is 1.09. The van der Waals surface area contributed by atoms with Crippen LogP contribution in [0.15, 0.2) is 42.4 Å². The fraction of sp³-hybridized carbons (Fsp3) is 0.407. The molecule has 4 heterocycles. The molecule has 0 saturated carbocycles. The lowest BCUT2D eigenvalue weighted by Crippen LogP contribution is -2.54. The predicted molar refractivity (Wildman–Crippen MR) is 136 cm³/mol. The first-order chi connectivity index (χ1) is 18.8. The first-order valence-corrected chi connectivity index (χ1v) is 13.1. The van der Waals surface area contributed by atoms with Crippen LogP contribution < -0.4 is 10.6 Å². The summed E-state index contributed by atoms with van der Waals surface area (Å²) in [5.41, 5.74) is 1.81. The molecule has 3 N–H and O–H groups in total. The summed E-state index contributed by atoms with van der Waals surface area (Å²) in [5.74, 6) is -2.02. The average Bonchev–Trinajstić information content (AvgIpc) is 3.49. The fourth-order valence-electron chi connectivity index (χ4n) is 5.70. The molecule has 3 aliphatic heterocycles. The van der Waals surface area contributed by atoms with Crippen LogP contribution in [0.1, 0.15) is 64.4 Å². The second-order valence-electron chi connectivity index (χ2n) is 10.4. The van der Waals surface area contributed by atoms with E-state index in [0.717, 1.165) is 23.3 Å². The Morgan fingerprint density at radius 3 is 2.59 bits per heavy atom. The van der Waals surface area contributed by atoms with Crippen LogP contribution in [0, 0.1) is 5.92 Å². The van der Waals surface area contributed by atoms with Gasteiger partial charge in [0.25, 0.3) is 11.8 Å². The molecule has 0 spiro atoms. The zero-order valence-electron chi connectivity index (χ0n) is 21.1. The highest BCUT2D eigenvalue weighted by atomic mass is 16.3. The second kappa shape index (κ2) is 9.68. The van der Waals surface area contributed by atoms with Gasteiger partial charge in [0, 0.05) is 49.9 Å². The van der Waals surface area contributed by atoms with E-state index in [1.165, 1.54) is 0 Å². The third-order valence-electron chi connectivity index (χ3n) is 7.90. The highest BCUT2D eigenvalue weighted by molar-refractivity contribution is 6.25. The van der Waals surface area contributed by atoms with Crippen LogP contribution in [0.25, 0.3) is 0 Å². The Labute approximate surface area is 223 Å². The minimum Gasteiger partial charge on any atom is -0.513 e. The Morgan fingerprint density at radius 2 is 1.87 bits per heavy atom. The van der Waals surface area contributed by atoms with Crippen LogP contribution in [0.5, 0.6) is 0 Å². The number of imide groups is 2. The summed E-state index contributed by atoms with van der Waals surface area (Å²) in [4.78, 5) is 65.5. The van der Waals surface area contributed by atoms with Crippen LogP contribution >= 0.6 is 0 Å². The number of hydrogen-bond acceptors (Lipinski definition) is 8. The molecule has 6 rings (SSSR count). The van der Waals surface area contributed by atoms with Gasteiger partial charge in [-0.3, -0.25) is 38.9 Å². The van der Waals surface area contributed by atoms with E-state index in [1.807, 2.05) is 15.8 Å². The summed E-state index contributed by atoms with van der Waals surface area (Å²) in [5, 5.41) is 19.3. The Morgan fingerprint density at radius 1 is 1.10 bits per heavy atom. The van der Waals surface area contributed by atoms with Gasteiger partial charge in [-0.05, 0) is 37.5 Å². The minimum atomic E-state index is -1.01. The van der Waals surface area contributed by atoms with Crippen molar-refractivity contribution in [1.82, 2.24) is 24.9 Å². The molecule has 4 aliphatic rings. The van der Waals surface area contributed by atoms with Crippen molar-refractivity contribution in [3.05, 3.63) is 59.1 Å². The highest BCUT2D eigenvalue weighted by Crippen LogP contribution is 2.33. The zero-order chi connectivity index (χ0) is 27.3. The van der Waals surface area contributed by atoms with Crippen LogP contribution in [-0.4, -0.2) is 73.4 Å². The van der Waals surface area contributed by atoms with Crippen molar-refractivity contribution in [2.24, 2.45) is 5.92 Å². The summed E-state index contributed by atoms with van der Waals surface area (Å²) in [6.45, 7) is 1.64. The van der Waals surface area contributed by atoms with Crippen molar-refractivity contribution in [3.63, 3.8) is 0 Å². The molecular formula is C27H28N6O6. The number of nitrogens with zero attached hydrogens (tertiary/aromatic N) is 4. The molecule has 5 amide bonds. The van der Waals surface area contributed by atoms with Crippen molar-refractivity contribution < 1.29 is 29.1 Å². The van der Waals surface area contributed by atoms with Crippen molar-refractivity contribution in [2.75, 3.05) is 18.4 Å². The van der Waals surface area contributed by atoms with Gasteiger partial charge in [-0.15, -0.1) is 0 Å². The maximum Gasteiger partial charge on any atom is 0.264 e. The molecule has 0 radical (unpaired) electrons. The van der Waals surface area contributed by atoms with E-state index in [2.05, 4.69) is 15.7 Å². The third kappa shape index (κ3) is 4.45. The Bertz CT molecular complexity index is 1420. The number of amides is 5. The number of hydrogen-bond donors (Lipinski definition) is 3. The van der Waals surface area contributed by atoms with Gasteiger partial charge < -0.3 is 15.3 Å². The molecule has 2 aromatic rings. The number of benzene rings is 1. The van der Waals surface area contributed by atoms with E-state index in [9.17, 15) is 29.1 Å². The normalized spacial score (nSPS) is 23.3. The van der Waals surface area contributed by atoms with E-state index >= 15 is 0 Å². The number of likely N-dealkylation sites (tertiary alicyclic amines) is 1. The third-order valence-corrected chi connectivity index (χ3v) is 7.90. The SMILES string of the molecule is O=C1CCC(N2C(=O)c3cccc(NCc4cnn(C5CCN(C(=O)C6C=C(O)C6)CC5)c4)c3C2=O)C(=O)N1. The highest BCUT2D eigenvalue weighted by Gasteiger charge is 2.45. The first kappa shape index (κ1) is 24.8. The molecule has 1 aliphatic carbocycles. The number of allylic oxidation sites excluding steroid dienone is 1. The number of rotatable bonds is 6. The van der Waals surface area contributed by atoms with Crippen LogP contribution in [0.2, 0.25) is 0 Å². The van der Waals surface area contributed by atoms with E-state index < -0.39 is 29.7 Å². The van der Waals surface area contributed by atoms with Gasteiger partial charge in [0.05, 0.1) is 35.0 Å². The van der Waals surface area contributed by atoms with Gasteiger partial charge in [0.2, 0.25) is 17.7 Å². The van der Waals surface area contributed by atoms with Crippen LogP contribution in [0.3, 0.4) is 0 Å². The fourth-order valence-corrected chi connectivity index (χ4v) is 5.70. The molecule has 2 atom stereocenters. The summed E-state index contributed by atoms with van der Waals surface area (Å²) in [6.07, 6.45) is 7.45. The van der Waals surface area contributed by atoms with Crippen molar-refractivity contribution >= 4 is 35.2 Å². The number of carbonyl (C=O) groups excluding carboxylic acids is 5. The minimum absolute atomic E-state index is 0.0659. The maximum atomic E-state index is 13.3. The number of fused-ring (bicyclic) bond motifs is 1. The van der Waals surface area contributed by atoms with Gasteiger partial charge >= 0.3 is 0 Å². The molecule has 12 heteroatoms. The Hall–Kier alpha value is -4.48. The summed E-state index contributed by atoms with van der Waals surface area (Å²) in [7, 11) is 0. The lowest BCUT2D eigenvalue weighted by molar-refractivity contribution is -0.137. The van der Waals surface area contributed by atoms with Gasteiger partial charge in [0.15, 0.2) is 0 Å². The predicted octanol–water partition coefficient (Wildman–Crippen LogP) is 1.52. The number of aliphatic hydroxyl groups is 1. The van der Waals surface area contributed by atoms with Crippen molar-refractivity contribution in [3.8, 4) is 0 Å². The molecule has 12 nitrogen and oxygen atoms in total. The van der Waals surface area contributed by atoms with Crippen molar-refractivity contribution in [2.45, 2.75) is 50.7 Å². The van der Waals surface area contributed by atoms with Gasteiger partial charge in [-0.25, -0.2) is 0 Å². The molecule has 1 aromatic carbocycles. The zero-order valence-corrected chi connectivity index (χ0v) is 21.1. The maximum absolute atomic E-state index is 13.3. The van der Waals surface area contributed by atoms with Crippen LogP contribution in [0.4, 0.5) is 5.69 Å². The summed E-state index contributed by atoms with van der Waals surface area (Å²) in [6, 6.07) is 4.10. The summed E-state index contributed by atoms with van der Waals surface area (Å²) < 4.78 is 1.91. The lowest BCUT2D eigenvalue weighted by Gasteiger charge is -2.35. The quantitative estimate of drug-likeness (QED) is 0.473. The number of nitrogens with one attached hydrogen (secondary N) is 2. The smallest absolute Gasteiger partial charge is 0.264 e. The van der Waals surface area contributed by atoms with E-state index in [4.69, 9.17) is 0 Å². The Kier molecular flexibility index (Phi) is 6.16. The number of aliphatic hydroxyl groups excluding tert-OH is 1. The van der Waals surface area contributed by atoms with E-state index in [0.29, 0.717) is 31.7 Å². The van der Waals surface area contributed by atoms with Gasteiger partial charge in [-0.1, -0.05) is 6.07 Å². The monoisotopic (exact) mass is 532 g/mol. The van der Waals surface area contributed by atoms with Gasteiger partial charge in [-0.2, -0.15) is 5.10 Å².